The monoisotopic (exact) mass is 355 g/mol. The summed E-state index contributed by atoms with van der Waals surface area (Å²) in [5.41, 5.74) is 7.28. The van der Waals surface area contributed by atoms with Crippen molar-refractivity contribution in [1.29, 1.82) is 0 Å². The number of hydrogen-bond donors (Lipinski definition) is 2. The molecule has 3 rings (SSSR count). The first kappa shape index (κ1) is 17.8. The highest BCUT2D eigenvalue weighted by atomic mass is 35.5. The topological polar surface area (TPSA) is 81.1 Å². The van der Waals surface area contributed by atoms with Gasteiger partial charge in [-0.1, -0.05) is 28.9 Å². The Bertz CT molecular complexity index is 667. The Morgan fingerprint density at radius 3 is 2.70 bits per heavy atom. The predicted octanol–water partition coefficient (Wildman–Crippen LogP) is 3.42. The Morgan fingerprint density at radius 2 is 2.00 bits per heavy atom. The average molecular weight is 356 g/mol. The van der Waals surface area contributed by atoms with Gasteiger partial charge in [0.15, 0.2) is 0 Å². The minimum atomic E-state index is -0.235. The van der Waals surface area contributed by atoms with Gasteiger partial charge in [0.05, 0.1) is 0 Å². The summed E-state index contributed by atoms with van der Waals surface area (Å²) in [5.74, 6) is -0.0221. The number of aromatic nitrogens is 1. The molecule has 124 valence electrons. The Kier molecular flexibility index (Phi) is 6.04. The van der Waals surface area contributed by atoms with Crippen molar-refractivity contribution < 1.29 is 9.32 Å². The molecule has 0 spiro atoms. The SMILES string of the molecule is Cl.NC1CCC(NC(=O)c2cc(-c3cccc(Cl)c3)no2)CC1. The second-order valence-electron chi connectivity index (χ2n) is 5.67. The quantitative estimate of drug-likeness (QED) is 0.883. The van der Waals surface area contributed by atoms with E-state index in [1.807, 2.05) is 12.1 Å². The van der Waals surface area contributed by atoms with Crippen molar-refractivity contribution >= 4 is 29.9 Å². The normalized spacial score (nSPS) is 20.6. The first-order valence-electron chi connectivity index (χ1n) is 7.41. The summed E-state index contributed by atoms with van der Waals surface area (Å²) in [7, 11) is 0. The third-order valence-corrected chi connectivity index (χ3v) is 4.20. The highest BCUT2D eigenvalue weighted by Gasteiger charge is 2.22. The molecular weight excluding hydrogens is 337 g/mol. The van der Waals surface area contributed by atoms with Crippen LogP contribution < -0.4 is 11.1 Å². The van der Waals surface area contributed by atoms with Gasteiger partial charge in [0, 0.05) is 28.7 Å². The van der Waals surface area contributed by atoms with Crippen LogP contribution in [-0.4, -0.2) is 23.1 Å². The maximum atomic E-state index is 12.2. The van der Waals surface area contributed by atoms with Gasteiger partial charge in [-0.25, -0.2) is 0 Å². The van der Waals surface area contributed by atoms with Gasteiger partial charge in [0.2, 0.25) is 5.76 Å². The summed E-state index contributed by atoms with van der Waals surface area (Å²) < 4.78 is 5.15. The van der Waals surface area contributed by atoms with Crippen molar-refractivity contribution in [2.24, 2.45) is 5.73 Å². The Morgan fingerprint density at radius 1 is 1.26 bits per heavy atom. The molecule has 1 heterocycles. The molecule has 0 aliphatic heterocycles. The fraction of sp³-hybridized carbons (Fsp3) is 0.375. The highest BCUT2D eigenvalue weighted by molar-refractivity contribution is 6.30. The second-order valence-corrected chi connectivity index (χ2v) is 6.11. The van der Waals surface area contributed by atoms with Gasteiger partial charge in [-0.05, 0) is 37.8 Å². The van der Waals surface area contributed by atoms with Gasteiger partial charge >= 0.3 is 0 Å². The number of carbonyl (C=O) groups is 1. The number of hydrogen-bond acceptors (Lipinski definition) is 4. The fourth-order valence-corrected chi connectivity index (χ4v) is 2.88. The molecule has 1 aromatic carbocycles. The molecule has 3 N–H and O–H groups in total. The third kappa shape index (κ3) is 4.47. The Labute approximate surface area is 146 Å². The van der Waals surface area contributed by atoms with E-state index in [1.165, 1.54) is 0 Å². The molecule has 0 bridgehead atoms. The Balaban J connectivity index is 0.00000192. The molecule has 7 heteroatoms. The molecule has 1 saturated carbocycles. The number of nitrogens with one attached hydrogen (secondary N) is 1. The van der Waals surface area contributed by atoms with Gasteiger partial charge in [-0.3, -0.25) is 4.79 Å². The lowest BCUT2D eigenvalue weighted by Gasteiger charge is -2.26. The van der Waals surface area contributed by atoms with Gasteiger partial charge in [0.1, 0.15) is 5.69 Å². The second kappa shape index (κ2) is 7.81. The standard InChI is InChI=1S/C16H18ClN3O2.ClH/c17-11-3-1-2-10(8-11)14-9-15(22-20-14)16(21)19-13-6-4-12(18)5-7-13;/h1-3,8-9,12-13H,4-7,18H2,(H,19,21);1H. The van der Waals surface area contributed by atoms with E-state index in [9.17, 15) is 4.79 Å². The van der Waals surface area contributed by atoms with Crippen molar-refractivity contribution in [3.05, 3.63) is 41.1 Å². The molecular formula is C16H19Cl2N3O2. The first-order valence-corrected chi connectivity index (χ1v) is 7.79. The maximum absolute atomic E-state index is 12.2. The summed E-state index contributed by atoms with van der Waals surface area (Å²) in [6.07, 6.45) is 3.69. The molecule has 0 atom stereocenters. The molecule has 1 aromatic heterocycles. The van der Waals surface area contributed by atoms with Crippen LogP contribution in [0.4, 0.5) is 0 Å². The third-order valence-electron chi connectivity index (χ3n) is 3.96. The summed E-state index contributed by atoms with van der Waals surface area (Å²) in [6, 6.07) is 9.32. The summed E-state index contributed by atoms with van der Waals surface area (Å²) in [5, 5.41) is 7.53. The van der Waals surface area contributed by atoms with Crippen molar-refractivity contribution in [3.63, 3.8) is 0 Å². The lowest BCUT2D eigenvalue weighted by Crippen LogP contribution is -2.40. The van der Waals surface area contributed by atoms with Gasteiger partial charge in [0.25, 0.3) is 5.91 Å². The summed E-state index contributed by atoms with van der Waals surface area (Å²) in [6.45, 7) is 0. The number of nitrogens with zero attached hydrogens (tertiary/aromatic N) is 1. The van der Waals surface area contributed by atoms with Crippen LogP contribution in [0.5, 0.6) is 0 Å². The number of halogens is 2. The molecule has 2 aromatic rings. The van der Waals surface area contributed by atoms with Crippen LogP contribution in [0.2, 0.25) is 5.02 Å². The van der Waals surface area contributed by atoms with Crippen molar-refractivity contribution in [2.45, 2.75) is 37.8 Å². The van der Waals surface area contributed by atoms with Crippen LogP contribution in [0.1, 0.15) is 36.2 Å². The number of benzene rings is 1. The summed E-state index contributed by atoms with van der Waals surface area (Å²) in [4.78, 5) is 12.2. The average Bonchev–Trinajstić information content (AvgIpc) is 3.00. The van der Waals surface area contributed by atoms with E-state index in [-0.39, 0.29) is 36.2 Å². The molecule has 23 heavy (non-hydrogen) atoms. The summed E-state index contributed by atoms with van der Waals surface area (Å²) >= 11 is 5.96. The zero-order valence-corrected chi connectivity index (χ0v) is 14.1. The molecule has 1 fully saturated rings. The van der Waals surface area contributed by atoms with Crippen LogP contribution in [0.25, 0.3) is 11.3 Å². The molecule has 5 nitrogen and oxygen atoms in total. The van der Waals surface area contributed by atoms with E-state index in [0.717, 1.165) is 31.2 Å². The van der Waals surface area contributed by atoms with Crippen molar-refractivity contribution in [2.75, 3.05) is 0 Å². The van der Waals surface area contributed by atoms with E-state index in [4.69, 9.17) is 21.9 Å². The van der Waals surface area contributed by atoms with E-state index in [1.54, 1.807) is 18.2 Å². The smallest absolute Gasteiger partial charge is 0.290 e. The zero-order valence-electron chi connectivity index (χ0n) is 12.5. The van der Waals surface area contributed by atoms with Crippen LogP contribution >= 0.6 is 24.0 Å². The van der Waals surface area contributed by atoms with Crippen LogP contribution in [0.3, 0.4) is 0 Å². The van der Waals surface area contributed by atoms with Crippen molar-refractivity contribution in [1.82, 2.24) is 10.5 Å². The fourth-order valence-electron chi connectivity index (χ4n) is 2.69. The number of rotatable bonds is 3. The Hall–Kier alpha value is -1.56. The van der Waals surface area contributed by atoms with Crippen LogP contribution in [0.15, 0.2) is 34.9 Å². The predicted molar refractivity (Wildman–Crippen MR) is 91.9 cm³/mol. The molecule has 0 radical (unpaired) electrons. The number of carbonyl (C=O) groups excluding carboxylic acids is 1. The maximum Gasteiger partial charge on any atom is 0.290 e. The van der Waals surface area contributed by atoms with Gasteiger partial charge in [-0.2, -0.15) is 0 Å². The molecule has 1 aliphatic carbocycles. The largest absolute Gasteiger partial charge is 0.350 e. The number of amides is 1. The highest BCUT2D eigenvalue weighted by Crippen LogP contribution is 2.23. The minimum absolute atomic E-state index is 0. The van der Waals surface area contributed by atoms with E-state index < -0.39 is 0 Å². The van der Waals surface area contributed by atoms with Gasteiger partial charge < -0.3 is 15.6 Å². The molecule has 0 saturated heterocycles. The molecule has 0 unspecified atom stereocenters. The molecule has 1 aliphatic rings. The van der Waals surface area contributed by atoms with E-state index in [0.29, 0.717) is 10.7 Å². The van der Waals surface area contributed by atoms with Gasteiger partial charge in [-0.15, -0.1) is 12.4 Å². The lowest BCUT2D eigenvalue weighted by molar-refractivity contribution is 0.0888. The van der Waals surface area contributed by atoms with E-state index in [2.05, 4.69) is 10.5 Å². The lowest BCUT2D eigenvalue weighted by atomic mass is 9.92. The first-order chi connectivity index (χ1) is 10.6. The van der Waals surface area contributed by atoms with Crippen molar-refractivity contribution in [3.8, 4) is 11.3 Å². The number of nitrogens with two attached hydrogens (primary N) is 1. The molecule has 1 amide bonds. The van der Waals surface area contributed by atoms with Crippen LogP contribution in [0, 0.1) is 0 Å². The van der Waals surface area contributed by atoms with Crippen LogP contribution in [-0.2, 0) is 0 Å². The minimum Gasteiger partial charge on any atom is -0.350 e. The van der Waals surface area contributed by atoms with E-state index >= 15 is 0 Å². The zero-order chi connectivity index (χ0) is 15.5.